The Bertz CT molecular complexity index is 546. The van der Waals surface area contributed by atoms with Gasteiger partial charge in [-0.05, 0) is 25.0 Å². The van der Waals surface area contributed by atoms with Gasteiger partial charge in [0, 0.05) is 13.2 Å². The molecule has 0 spiro atoms. The van der Waals surface area contributed by atoms with Crippen molar-refractivity contribution in [2.45, 2.75) is 18.4 Å². The molecule has 17 heavy (non-hydrogen) atoms. The van der Waals surface area contributed by atoms with E-state index in [1.165, 1.54) is 0 Å². The van der Waals surface area contributed by atoms with E-state index in [-0.39, 0.29) is 0 Å². The first kappa shape index (κ1) is 11.0. The van der Waals surface area contributed by atoms with Gasteiger partial charge in [-0.25, -0.2) is 4.98 Å². The summed E-state index contributed by atoms with van der Waals surface area (Å²) in [5.41, 5.74) is 7.15. The number of halogens is 1. The summed E-state index contributed by atoms with van der Waals surface area (Å²) in [5, 5.41) is 0.567. The molecule has 2 heterocycles. The minimum Gasteiger partial charge on any atom is -0.437 e. The van der Waals surface area contributed by atoms with Crippen molar-refractivity contribution in [2.24, 2.45) is 5.73 Å². The second kappa shape index (κ2) is 3.98. The number of aromatic nitrogens is 1. The van der Waals surface area contributed by atoms with Gasteiger partial charge in [0.1, 0.15) is 5.52 Å². The molecule has 0 amide bonds. The lowest BCUT2D eigenvalue weighted by molar-refractivity contribution is 0.0429. The first-order valence-corrected chi connectivity index (χ1v) is 5.99. The van der Waals surface area contributed by atoms with Crippen molar-refractivity contribution in [2.75, 3.05) is 13.2 Å². The topological polar surface area (TPSA) is 61.3 Å². The maximum atomic E-state index is 6.31. The second-order valence-electron chi connectivity index (χ2n) is 4.38. The van der Waals surface area contributed by atoms with Crippen LogP contribution in [0.25, 0.3) is 11.1 Å². The molecule has 4 nitrogen and oxygen atoms in total. The predicted octanol–water partition coefficient (Wildman–Crippen LogP) is 2.45. The molecule has 0 atom stereocenters. The third kappa shape index (κ3) is 1.82. The highest BCUT2D eigenvalue weighted by atomic mass is 35.5. The number of rotatable bonds is 1. The van der Waals surface area contributed by atoms with Crippen LogP contribution in [-0.2, 0) is 10.3 Å². The van der Waals surface area contributed by atoms with Gasteiger partial charge in [-0.1, -0.05) is 17.7 Å². The third-order valence-electron chi connectivity index (χ3n) is 3.18. The standard InChI is InChI=1S/C12H13ClN2O2/c13-8-2-1-3-9-10(8)17-11(15-9)12(14)4-6-16-7-5-12/h1-3H,4-7,14H2. The molecular weight excluding hydrogens is 240 g/mol. The maximum absolute atomic E-state index is 6.31. The van der Waals surface area contributed by atoms with E-state index in [9.17, 15) is 0 Å². The van der Waals surface area contributed by atoms with Crippen LogP contribution >= 0.6 is 11.6 Å². The molecule has 90 valence electrons. The number of ether oxygens (including phenoxy) is 1. The van der Waals surface area contributed by atoms with Crippen molar-refractivity contribution in [3.8, 4) is 0 Å². The number of para-hydroxylation sites is 1. The van der Waals surface area contributed by atoms with E-state index in [0.29, 0.717) is 29.7 Å². The van der Waals surface area contributed by atoms with Gasteiger partial charge in [0.25, 0.3) is 0 Å². The van der Waals surface area contributed by atoms with E-state index < -0.39 is 5.54 Å². The van der Waals surface area contributed by atoms with Gasteiger partial charge in [-0.2, -0.15) is 0 Å². The molecular formula is C12H13ClN2O2. The molecule has 2 aromatic rings. The van der Waals surface area contributed by atoms with Crippen LogP contribution in [-0.4, -0.2) is 18.2 Å². The molecule has 2 N–H and O–H groups in total. The molecule has 0 aliphatic carbocycles. The zero-order chi connectivity index (χ0) is 11.9. The van der Waals surface area contributed by atoms with Crippen LogP contribution in [0.5, 0.6) is 0 Å². The molecule has 1 aliphatic rings. The van der Waals surface area contributed by atoms with E-state index in [1.807, 2.05) is 12.1 Å². The Hall–Kier alpha value is -1.10. The normalized spacial score (nSPS) is 19.6. The van der Waals surface area contributed by atoms with Crippen molar-refractivity contribution in [3.05, 3.63) is 29.1 Å². The van der Waals surface area contributed by atoms with Gasteiger partial charge < -0.3 is 14.9 Å². The van der Waals surface area contributed by atoms with Crippen LogP contribution in [0.2, 0.25) is 5.02 Å². The fourth-order valence-electron chi connectivity index (χ4n) is 2.08. The zero-order valence-corrected chi connectivity index (χ0v) is 10.0. The molecule has 0 unspecified atom stereocenters. The number of nitrogens with zero attached hydrogens (tertiary/aromatic N) is 1. The summed E-state index contributed by atoms with van der Waals surface area (Å²) in [5.74, 6) is 0.559. The lowest BCUT2D eigenvalue weighted by atomic mass is 9.91. The summed E-state index contributed by atoms with van der Waals surface area (Å²) >= 11 is 6.06. The van der Waals surface area contributed by atoms with Crippen molar-refractivity contribution in [1.82, 2.24) is 4.98 Å². The smallest absolute Gasteiger partial charge is 0.215 e. The van der Waals surface area contributed by atoms with Crippen molar-refractivity contribution in [3.63, 3.8) is 0 Å². The average molecular weight is 253 g/mol. The van der Waals surface area contributed by atoms with E-state index in [4.69, 9.17) is 26.5 Å². The molecule has 5 heteroatoms. The Morgan fingerprint density at radius 3 is 2.76 bits per heavy atom. The number of fused-ring (bicyclic) bond motifs is 1. The Morgan fingerprint density at radius 2 is 2.06 bits per heavy atom. The van der Waals surface area contributed by atoms with E-state index in [1.54, 1.807) is 6.07 Å². The van der Waals surface area contributed by atoms with Crippen molar-refractivity contribution in [1.29, 1.82) is 0 Å². The molecule has 1 aromatic heterocycles. The van der Waals surface area contributed by atoms with Gasteiger partial charge in [0.15, 0.2) is 5.58 Å². The monoisotopic (exact) mass is 252 g/mol. The van der Waals surface area contributed by atoms with Gasteiger partial charge in [0.05, 0.1) is 10.6 Å². The van der Waals surface area contributed by atoms with Crippen LogP contribution in [0.1, 0.15) is 18.7 Å². The summed E-state index contributed by atoms with van der Waals surface area (Å²) in [6.45, 7) is 1.28. The molecule has 1 aromatic carbocycles. The van der Waals surface area contributed by atoms with Gasteiger partial charge >= 0.3 is 0 Å². The van der Waals surface area contributed by atoms with Gasteiger partial charge in [-0.3, -0.25) is 0 Å². The summed E-state index contributed by atoms with van der Waals surface area (Å²) in [6, 6.07) is 5.51. The predicted molar refractivity (Wildman–Crippen MR) is 64.9 cm³/mol. The number of nitrogens with two attached hydrogens (primary N) is 1. The number of hydrogen-bond acceptors (Lipinski definition) is 4. The first-order valence-electron chi connectivity index (χ1n) is 5.61. The highest BCUT2D eigenvalue weighted by molar-refractivity contribution is 6.34. The Kier molecular flexibility index (Phi) is 2.58. The quantitative estimate of drug-likeness (QED) is 0.847. The van der Waals surface area contributed by atoms with E-state index in [0.717, 1.165) is 18.4 Å². The number of hydrogen-bond donors (Lipinski definition) is 1. The zero-order valence-electron chi connectivity index (χ0n) is 9.28. The highest BCUT2D eigenvalue weighted by Crippen LogP contribution is 2.33. The molecule has 3 rings (SSSR count). The van der Waals surface area contributed by atoms with E-state index in [2.05, 4.69) is 4.98 Å². The Labute approximate surface area is 104 Å². The highest BCUT2D eigenvalue weighted by Gasteiger charge is 2.35. The van der Waals surface area contributed by atoms with Gasteiger partial charge in [-0.15, -0.1) is 0 Å². The average Bonchev–Trinajstić information content (AvgIpc) is 2.76. The van der Waals surface area contributed by atoms with Crippen LogP contribution < -0.4 is 5.73 Å². The molecule has 0 saturated carbocycles. The molecule has 1 saturated heterocycles. The summed E-state index contributed by atoms with van der Waals surface area (Å²) in [4.78, 5) is 4.44. The van der Waals surface area contributed by atoms with Crippen LogP contribution in [0, 0.1) is 0 Å². The molecule has 1 aliphatic heterocycles. The maximum Gasteiger partial charge on any atom is 0.215 e. The molecule has 0 bridgehead atoms. The van der Waals surface area contributed by atoms with Crippen molar-refractivity contribution >= 4 is 22.7 Å². The van der Waals surface area contributed by atoms with Crippen molar-refractivity contribution < 1.29 is 9.15 Å². The lowest BCUT2D eigenvalue weighted by Gasteiger charge is -2.29. The van der Waals surface area contributed by atoms with Crippen LogP contribution in [0.3, 0.4) is 0 Å². The number of oxazole rings is 1. The lowest BCUT2D eigenvalue weighted by Crippen LogP contribution is -2.42. The molecule has 0 radical (unpaired) electrons. The third-order valence-corrected chi connectivity index (χ3v) is 3.48. The largest absolute Gasteiger partial charge is 0.437 e. The van der Waals surface area contributed by atoms with Crippen LogP contribution in [0.15, 0.2) is 22.6 Å². The molecule has 1 fully saturated rings. The minimum atomic E-state index is -0.527. The minimum absolute atomic E-state index is 0.527. The second-order valence-corrected chi connectivity index (χ2v) is 4.78. The van der Waals surface area contributed by atoms with E-state index >= 15 is 0 Å². The fourth-order valence-corrected chi connectivity index (χ4v) is 2.29. The first-order chi connectivity index (χ1) is 8.19. The summed E-state index contributed by atoms with van der Waals surface area (Å²) in [7, 11) is 0. The SMILES string of the molecule is NC1(c2nc3cccc(Cl)c3o2)CCOCC1. The Morgan fingerprint density at radius 1 is 1.29 bits per heavy atom. The Balaban J connectivity index is 2.08. The fraction of sp³-hybridized carbons (Fsp3) is 0.417. The van der Waals surface area contributed by atoms with Crippen LogP contribution in [0.4, 0.5) is 0 Å². The number of benzene rings is 1. The summed E-state index contributed by atoms with van der Waals surface area (Å²) in [6.07, 6.45) is 1.44. The summed E-state index contributed by atoms with van der Waals surface area (Å²) < 4.78 is 11.0. The van der Waals surface area contributed by atoms with Gasteiger partial charge in [0.2, 0.25) is 5.89 Å².